The van der Waals surface area contributed by atoms with Crippen LogP contribution in [0.5, 0.6) is 5.75 Å². The summed E-state index contributed by atoms with van der Waals surface area (Å²) in [7, 11) is 3.61. The summed E-state index contributed by atoms with van der Waals surface area (Å²) in [6, 6.07) is 4.60. The van der Waals surface area contributed by atoms with Gasteiger partial charge in [0.05, 0.1) is 7.11 Å². The van der Waals surface area contributed by atoms with E-state index >= 15 is 0 Å². The van der Waals surface area contributed by atoms with Gasteiger partial charge in [-0.15, -0.1) is 0 Å². The number of ether oxygens (including phenoxy) is 1. The number of benzene rings is 1. The summed E-state index contributed by atoms with van der Waals surface area (Å²) in [4.78, 5) is 2.14. The molecule has 0 unspecified atom stereocenters. The van der Waals surface area contributed by atoms with Gasteiger partial charge in [0.2, 0.25) is 0 Å². The number of hydrogen-bond donors (Lipinski definition) is 1. The van der Waals surface area contributed by atoms with Gasteiger partial charge in [-0.05, 0) is 51.1 Å². The second kappa shape index (κ2) is 6.16. The Hall–Kier alpha value is -1.13. The first kappa shape index (κ1) is 14.9. The Morgan fingerprint density at radius 1 is 1.39 bits per heavy atom. The minimum atomic E-state index is -0.229. The number of hydrogen-bond acceptors (Lipinski definition) is 3. The lowest BCUT2D eigenvalue weighted by Crippen LogP contribution is -2.44. The van der Waals surface area contributed by atoms with Crippen molar-refractivity contribution in [1.82, 2.24) is 4.90 Å². The number of nitrogens with two attached hydrogens (primary N) is 1. The Kier molecular flexibility index (Phi) is 5.11. The van der Waals surface area contributed by atoms with Gasteiger partial charge in [0.25, 0.3) is 0 Å². The Morgan fingerprint density at radius 3 is 2.61 bits per heavy atom. The molecule has 0 saturated carbocycles. The molecule has 0 atom stereocenters. The Balaban J connectivity index is 2.60. The molecule has 0 aromatic heterocycles. The van der Waals surface area contributed by atoms with Crippen molar-refractivity contribution >= 4 is 0 Å². The molecule has 0 saturated heterocycles. The summed E-state index contributed by atoms with van der Waals surface area (Å²) in [5, 5.41) is 0. The van der Waals surface area contributed by atoms with Crippen molar-refractivity contribution in [2.45, 2.75) is 25.8 Å². The Morgan fingerprint density at radius 2 is 2.06 bits per heavy atom. The average molecular weight is 254 g/mol. The second-order valence-electron chi connectivity index (χ2n) is 5.43. The average Bonchev–Trinajstić information content (AvgIpc) is 2.24. The SMILES string of the molecule is COc1ccc(F)cc1CCN(C)CC(C)(C)N. The number of methoxy groups -OCH3 is 1. The molecular formula is C14H23FN2O. The van der Waals surface area contributed by atoms with Crippen LogP contribution in [0.4, 0.5) is 4.39 Å². The van der Waals surface area contributed by atoms with Crippen LogP contribution in [0.2, 0.25) is 0 Å². The van der Waals surface area contributed by atoms with Crippen molar-refractivity contribution in [3.63, 3.8) is 0 Å². The van der Waals surface area contributed by atoms with Gasteiger partial charge in [-0.25, -0.2) is 4.39 Å². The molecule has 0 aliphatic heterocycles. The zero-order valence-corrected chi connectivity index (χ0v) is 11.7. The molecule has 1 aromatic carbocycles. The van der Waals surface area contributed by atoms with Crippen LogP contribution in [0, 0.1) is 5.82 Å². The summed E-state index contributed by atoms with van der Waals surface area (Å²) in [6.07, 6.45) is 0.744. The third-order valence-corrected chi connectivity index (χ3v) is 2.68. The fourth-order valence-electron chi connectivity index (χ4n) is 2.03. The van der Waals surface area contributed by atoms with Gasteiger partial charge in [0.15, 0.2) is 0 Å². The fraction of sp³-hybridized carbons (Fsp3) is 0.571. The highest BCUT2D eigenvalue weighted by molar-refractivity contribution is 5.34. The smallest absolute Gasteiger partial charge is 0.123 e. The van der Waals surface area contributed by atoms with Crippen molar-refractivity contribution in [1.29, 1.82) is 0 Å². The first-order valence-corrected chi connectivity index (χ1v) is 6.11. The van der Waals surface area contributed by atoms with Crippen molar-refractivity contribution in [2.75, 3.05) is 27.2 Å². The van der Waals surface area contributed by atoms with Crippen molar-refractivity contribution < 1.29 is 9.13 Å². The third-order valence-electron chi connectivity index (χ3n) is 2.68. The van der Waals surface area contributed by atoms with Crippen LogP contribution in [-0.2, 0) is 6.42 Å². The maximum atomic E-state index is 13.2. The van der Waals surface area contributed by atoms with E-state index < -0.39 is 0 Å². The predicted octanol–water partition coefficient (Wildman–Crippen LogP) is 2.05. The maximum Gasteiger partial charge on any atom is 0.123 e. The van der Waals surface area contributed by atoms with Crippen molar-refractivity contribution in [3.8, 4) is 5.75 Å². The predicted molar refractivity (Wildman–Crippen MR) is 72.4 cm³/mol. The molecule has 102 valence electrons. The van der Waals surface area contributed by atoms with E-state index in [1.807, 2.05) is 20.9 Å². The second-order valence-corrected chi connectivity index (χ2v) is 5.43. The molecule has 0 heterocycles. The highest BCUT2D eigenvalue weighted by Crippen LogP contribution is 2.20. The van der Waals surface area contributed by atoms with Crippen LogP contribution < -0.4 is 10.5 Å². The van der Waals surface area contributed by atoms with Crippen LogP contribution in [0.25, 0.3) is 0 Å². The lowest BCUT2D eigenvalue weighted by Gasteiger charge is -2.26. The molecule has 1 rings (SSSR count). The summed E-state index contributed by atoms with van der Waals surface area (Å²) < 4.78 is 18.4. The first-order valence-electron chi connectivity index (χ1n) is 6.11. The van der Waals surface area contributed by atoms with Gasteiger partial charge in [-0.1, -0.05) is 0 Å². The number of halogens is 1. The summed E-state index contributed by atoms with van der Waals surface area (Å²) >= 11 is 0. The van der Waals surface area contributed by atoms with E-state index in [2.05, 4.69) is 4.90 Å². The standard InChI is InChI=1S/C14H23FN2O/c1-14(2,16)10-17(3)8-7-11-9-12(15)5-6-13(11)18-4/h5-6,9H,7-8,10,16H2,1-4H3. The lowest BCUT2D eigenvalue weighted by atomic mass is 10.1. The van der Waals surface area contributed by atoms with Gasteiger partial charge in [-0.3, -0.25) is 0 Å². The molecule has 0 bridgehead atoms. The van der Waals surface area contributed by atoms with E-state index in [0.29, 0.717) is 0 Å². The fourth-order valence-corrected chi connectivity index (χ4v) is 2.03. The van der Waals surface area contributed by atoms with Gasteiger partial charge in [0, 0.05) is 18.6 Å². The van der Waals surface area contributed by atoms with Gasteiger partial charge < -0.3 is 15.4 Å². The monoisotopic (exact) mass is 254 g/mol. The van der Waals surface area contributed by atoms with E-state index in [4.69, 9.17) is 10.5 Å². The molecule has 4 heteroatoms. The van der Waals surface area contributed by atoms with Crippen molar-refractivity contribution in [3.05, 3.63) is 29.6 Å². The lowest BCUT2D eigenvalue weighted by molar-refractivity contribution is 0.271. The van der Waals surface area contributed by atoms with Gasteiger partial charge in [-0.2, -0.15) is 0 Å². The molecule has 3 nitrogen and oxygen atoms in total. The maximum absolute atomic E-state index is 13.2. The van der Waals surface area contributed by atoms with E-state index in [1.54, 1.807) is 13.2 Å². The minimum Gasteiger partial charge on any atom is -0.496 e. The summed E-state index contributed by atoms with van der Waals surface area (Å²) in [5.41, 5.74) is 6.63. The van der Waals surface area contributed by atoms with Crippen LogP contribution in [-0.4, -0.2) is 37.7 Å². The molecular weight excluding hydrogens is 231 g/mol. The first-order chi connectivity index (χ1) is 8.31. The van der Waals surface area contributed by atoms with E-state index in [-0.39, 0.29) is 11.4 Å². The highest BCUT2D eigenvalue weighted by Gasteiger charge is 2.14. The quantitative estimate of drug-likeness (QED) is 0.844. The molecule has 0 spiro atoms. The molecule has 1 aromatic rings. The molecule has 18 heavy (non-hydrogen) atoms. The Bertz CT molecular complexity index is 388. The normalized spacial score (nSPS) is 11.9. The van der Waals surface area contributed by atoms with Gasteiger partial charge in [0.1, 0.15) is 11.6 Å². The van der Waals surface area contributed by atoms with Crippen LogP contribution in [0.3, 0.4) is 0 Å². The molecule has 0 radical (unpaired) electrons. The summed E-state index contributed by atoms with van der Waals surface area (Å²) in [5.74, 6) is 0.504. The molecule has 0 fully saturated rings. The molecule has 0 aliphatic carbocycles. The highest BCUT2D eigenvalue weighted by atomic mass is 19.1. The molecule has 0 amide bonds. The number of nitrogens with zero attached hydrogens (tertiary/aromatic N) is 1. The van der Waals surface area contributed by atoms with E-state index in [0.717, 1.165) is 30.8 Å². The molecule has 2 N–H and O–H groups in total. The van der Waals surface area contributed by atoms with Crippen molar-refractivity contribution in [2.24, 2.45) is 5.73 Å². The van der Waals surface area contributed by atoms with Gasteiger partial charge >= 0.3 is 0 Å². The number of likely N-dealkylation sites (N-methyl/N-ethyl adjacent to an activating group) is 1. The van der Waals surface area contributed by atoms with Crippen LogP contribution in [0.1, 0.15) is 19.4 Å². The largest absolute Gasteiger partial charge is 0.496 e. The van der Waals surface area contributed by atoms with E-state index in [1.165, 1.54) is 12.1 Å². The Labute approximate surface area is 109 Å². The number of rotatable bonds is 6. The zero-order chi connectivity index (χ0) is 13.8. The summed E-state index contributed by atoms with van der Waals surface area (Å²) in [6.45, 7) is 5.60. The van der Waals surface area contributed by atoms with E-state index in [9.17, 15) is 4.39 Å². The third kappa shape index (κ3) is 5.02. The zero-order valence-electron chi connectivity index (χ0n) is 11.7. The van der Waals surface area contributed by atoms with Crippen LogP contribution >= 0.6 is 0 Å². The minimum absolute atomic E-state index is 0.221. The van der Waals surface area contributed by atoms with Crippen LogP contribution in [0.15, 0.2) is 18.2 Å². The topological polar surface area (TPSA) is 38.5 Å². The molecule has 0 aliphatic rings.